The first kappa shape index (κ1) is 56.8. The van der Waals surface area contributed by atoms with Crippen molar-refractivity contribution in [1.82, 2.24) is 0 Å². The summed E-state index contributed by atoms with van der Waals surface area (Å²) in [6.45, 7) is 2.29. The first-order chi connectivity index (χ1) is 35.3. The van der Waals surface area contributed by atoms with Crippen LogP contribution in [0.15, 0.2) is 60.7 Å². The molecule has 2 aliphatic heterocycles. The number of hydrogen-bond donors (Lipinski definition) is 0. The van der Waals surface area contributed by atoms with Gasteiger partial charge in [0.05, 0.1) is 28.4 Å². The summed E-state index contributed by atoms with van der Waals surface area (Å²) in [6.07, 6.45) is -31.2. The van der Waals surface area contributed by atoms with Gasteiger partial charge in [0.25, 0.3) is 0 Å². The summed E-state index contributed by atoms with van der Waals surface area (Å²) in [5.74, 6) is -31.4. The molecule has 6 aromatic carbocycles. The number of nitrogens with zero attached hydrogens (tertiary/aromatic N) is 1. The lowest BCUT2D eigenvalue weighted by atomic mass is 9.26. The van der Waals surface area contributed by atoms with Gasteiger partial charge in [0.2, 0.25) is 7.26 Å². The third-order valence-corrected chi connectivity index (χ3v) is 18.8. The minimum Gasteiger partial charge on any atom is -0.596 e. The summed E-state index contributed by atoms with van der Waals surface area (Å²) < 4.78 is 353. The topological polar surface area (TPSA) is 21.5 Å². The van der Waals surface area contributed by atoms with Crippen molar-refractivity contribution >= 4 is 58.2 Å². The van der Waals surface area contributed by atoms with E-state index in [-0.39, 0.29) is 61.8 Å². The highest BCUT2D eigenvalue weighted by molar-refractivity contribution is 8.03. The zero-order valence-electron chi connectivity index (χ0n) is 39.9. The van der Waals surface area contributed by atoms with Gasteiger partial charge in [0.1, 0.15) is 33.9 Å². The van der Waals surface area contributed by atoms with E-state index in [9.17, 15) is 8.78 Å². The molecular weight excluding hydrogens is 1110 g/mol. The fraction of sp³-hybridized carbons (Fsp3) is 0.245. The molecule has 3 nitrogen and oxygen atoms in total. The van der Waals surface area contributed by atoms with Gasteiger partial charge in [-0.25, -0.2) is 48.6 Å². The Morgan fingerprint density at radius 3 is 0.948 bits per heavy atom. The van der Waals surface area contributed by atoms with Crippen molar-refractivity contribution in [3.8, 4) is 0 Å². The Balaban J connectivity index is 1.77. The summed E-state index contributed by atoms with van der Waals surface area (Å²) in [7, 11) is -4.71. The molecule has 77 heavy (non-hydrogen) atoms. The predicted molar refractivity (Wildman–Crippen MR) is 240 cm³/mol. The van der Waals surface area contributed by atoms with Gasteiger partial charge < -0.3 is 9.41 Å². The Kier molecular flexibility index (Phi) is 13.5. The van der Waals surface area contributed by atoms with Crippen LogP contribution in [-0.2, 0) is 34.1 Å². The molecule has 0 fully saturated rings. The maximum atomic E-state index is 16.9. The highest BCUT2D eigenvalue weighted by Crippen LogP contribution is 2.65. The fourth-order valence-corrected chi connectivity index (χ4v) is 16.8. The number of benzene rings is 6. The summed E-state index contributed by atoms with van der Waals surface area (Å²) in [5, 5.41) is -0.153. The molecule has 410 valence electrons. The van der Waals surface area contributed by atoms with Gasteiger partial charge in [-0.15, -0.1) is 10.9 Å². The zero-order chi connectivity index (χ0) is 57.6. The van der Waals surface area contributed by atoms with Gasteiger partial charge in [-0.3, -0.25) is 0 Å². The normalized spacial score (nSPS) is 16.4. The average Bonchev–Trinajstić information content (AvgIpc) is 3.97. The molecule has 0 unspecified atom stereocenters. The standard InChI is InChI=1S/C49H32B2F22NO2P/c1-19-9-21(3)43(22(4)10-19)77(44-23(5)11-20(2)12-24(44)6)8-7-50(29-15-25(46(62,63)64)13-26(16-29)47(65,66)67,30-17-27(48(68,69)70)14-28(18-30)49(71,72)73)74-45(77)75-51(76-74,31-33(52)37(56)41(60)38(57)34(31)53)32-35(54)39(58)42(61)40(59)36(32)55/h9-18H,7-8H2,1-6H3. The van der Waals surface area contributed by atoms with E-state index in [4.69, 9.17) is 9.41 Å². The van der Waals surface area contributed by atoms with Crippen molar-refractivity contribution in [2.75, 3.05) is 6.16 Å². The maximum absolute atomic E-state index is 16.9. The molecule has 0 aliphatic carbocycles. The quantitative estimate of drug-likeness (QED) is 0.0545. The Morgan fingerprint density at radius 1 is 0.403 bits per heavy atom. The van der Waals surface area contributed by atoms with E-state index >= 15 is 87.8 Å². The molecule has 6 aromatic rings. The summed E-state index contributed by atoms with van der Waals surface area (Å²) in [6, 6.07) is 3.75. The van der Waals surface area contributed by atoms with Gasteiger partial charge in [0, 0.05) is 0 Å². The number of aryl methyl sites for hydroxylation is 6. The second-order valence-electron chi connectivity index (χ2n) is 19.0. The van der Waals surface area contributed by atoms with Crippen LogP contribution < -0.4 is 32.5 Å². The zero-order valence-corrected chi connectivity index (χ0v) is 40.8. The minimum absolute atomic E-state index is 0.0763. The van der Waals surface area contributed by atoms with Crippen LogP contribution in [0.25, 0.3) is 0 Å². The molecule has 2 aliphatic rings. The van der Waals surface area contributed by atoms with Gasteiger partial charge in [-0.05, 0) is 86.9 Å². The van der Waals surface area contributed by atoms with Crippen LogP contribution in [-0.4, -0.2) is 29.3 Å². The second kappa shape index (κ2) is 18.4. The van der Waals surface area contributed by atoms with E-state index in [2.05, 4.69) is 0 Å². The van der Waals surface area contributed by atoms with Crippen LogP contribution in [0.5, 0.6) is 0 Å². The monoisotopic (exact) mass is 1140 g/mol. The second-order valence-corrected chi connectivity index (χ2v) is 22.3. The van der Waals surface area contributed by atoms with E-state index in [1.54, 1.807) is 0 Å². The lowest BCUT2D eigenvalue weighted by Crippen LogP contribution is -2.72. The predicted octanol–water partition coefficient (Wildman–Crippen LogP) is 12.3. The van der Waals surface area contributed by atoms with Crippen molar-refractivity contribution in [3.05, 3.63) is 174 Å². The number of rotatable bonds is 6. The van der Waals surface area contributed by atoms with Gasteiger partial charge in [0.15, 0.2) is 34.9 Å². The van der Waals surface area contributed by atoms with Crippen molar-refractivity contribution in [1.29, 1.82) is 0 Å². The first-order valence-corrected chi connectivity index (χ1v) is 24.3. The lowest BCUT2D eigenvalue weighted by molar-refractivity contribution is -0.648. The van der Waals surface area contributed by atoms with Crippen LogP contribution in [0.2, 0.25) is 6.32 Å². The average molecular weight is 1140 g/mol. The fourth-order valence-electron chi connectivity index (χ4n) is 11.2. The van der Waals surface area contributed by atoms with Crippen LogP contribution in [0.3, 0.4) is 0 Å². The molecule has 0 saturated heterocycles. The molecule has 8 rings (SSSR count). The summed E-state index contributed by atoms with van der Waals surface area (Å²) in [5.41, 5.74) is -18.4. The maximum Gasteiger partial charge on any atom is 0.477 e. The Labute approximate surface area is 421 Å². The molecule has 0 radical (unpaired) electrons. The Morgan fingerprint density at radius 2 is 0.675 bits per heavy atom. The molecule has 2 heterocycles. The number of halogens is 22. The smallest absolute Gasteiger partial charge is 0.477 e. The molecule has 0 amide bonds. The molecular formula is C49H32B2F22NO2P. The van der Waals surface area contributed by atoms with Gasteiger partial charge in [-0.1, -0.05) is 66.0 Å². The van der Waals surface area contributed by atoms with E-state index in [0.29, 0.717) is 11.1 Å². The Bertz CT molecular complexity index is 3160. The molecule has 0 bridgehead atoms. The molecule has 0 N–H and O–H groups in total. The highest BCUT2D eigenvalue weighted by Gasteiger charge is 2.72. The summed E-state index contributed by atoms with van der Waals surface area (Å²) in [4.78, 5) is 0. The van der Waals surface area contributed by atoms with Crippen molar-refractivity contribution in [3.63, 3.8) is 0 Å². The third-order valence-electron chi connectivity index (χ3n) is 13.9. The number of hydrogen-bond acceptors (Lipinski definition) is 2. The minimum atomic E-state index is -6.21. The molecule has 0 saturated carbocycles. The SMILES string of the molecule is Cc1cc(C)c([P+]2(c3c(C)cc(C)cc3C)CC[B-](c3cc(C(F)(F)F)cc(C(F)(F)F)c3)(c3cc(C(F)(F)F)cc(C(F)(F)F)c3)[N+]3=C2O[B-](c2c(F)c(F)c(F)c(F)c2F)(c2c(F)c(F)c(F)c(F)c2F)O3)c(C)c1. The van der Waals surface area contributed by atoms with E-state index in [1.807, 2.05) is 0 Å². The van der Waals surface area contributed by atoms with Crippen LogP contribution in [0, 0.1) is 99.7 Å². The largest absolute Gasteiger partial charge is 0.596 e. The van der Waals surface area contributed by atoms with Gasteiger partial charge in [-0.2, -0.15) is 52.7 Å². The van der Waals surface area contributed by atoms with Crippen LogP contribution in [0.1, 0.15) is 55.6 Å². The molecule has 0 spiro atoms. The molecule has 0 aromatic heterocycles. The molecule has 28 heteroatoms. The van der Waals surface area contributed by atoms with Gasteiger partial charge >= 0.3 is 43.2 Å². The van der Waals surface area contributed by atoms with Crippen molar-refractivity contribution < 1.29 is 111 Å². The van der Waals surface area contributed by atoms with E-state index < -0.39 is 177 Å². The summed E-state index contributed by atoms with van der Waals surface area (Å²) >= 11 is 0. The highest BCUT2D eigenvalue weighted by atomic mass is 31.2. The van der Waals surface area contributed by atoms with E-state index in [1.165, 1.54) is 65.8 Å². The van der Waals surface area contributed by atoms with E-state index in [0.717, 1.165) is 0 Å². The number of alkyl halides is 12. The Hall–Kier alpha value is -6.39. The van der Waals surface area contributed by atoms with Crippen LogP contribution in [0.4, 0.5) is 96.6 Å². The molecule has 0 atom stereocenters. The first-order valence-electron chi connectivity index (χ1n) is 22.3. The lowest BCUT2D eigenvalue weighted by Gasteiger charge is -2.43. The van der Waals surface area contributed by atoms with Crippen LogP contribution >= 0.6 is 7.26 Å². The van der Waals surface area contributed by atoms with Crippen molar-refractivity contribution in [2.45, 2.75) is 72.6 Å². The van der Waals surface area contributed by atoms with Crippen molar-refractivity contribution in [2.24, 2.45) is 0 Å². The third kappa shape index (κ3) is 8.76.